The second-order valence-corrected chi connectivity index (χ2v) is 5.13. The lowest BCUT2D eigenvalue weighted by atomic mass is 10.1. The highest BCUT2D eigenvalue weighted by Crippen LogP contribution is 2.09. The van der Waals surface area contributed by atoms with E-state index in [1.807, 2.05) is 13.8 Å². The van der Waals surface area contributed by atoms with Gasteiger partial charge in [0.2, 0.25) is 5.91 Å². The molecule has 4 heteroatoms. The van der Waals surface area contributed by atoms with E-state index in [4.69, 9.17) is 5.73 Å². The largest absolute Gasteiger partial charge is 0.353 e. The van der Waals surface area contributed by atoms with E-state index in [1.54, 1.807) is 11.3 Å². The van der Waals surface area contributed by atoms with Gasteiger partial charge in [-0.3, -0.25) is 4.79 Å². The number of carbonyl (C=O) groups excluding carboxylic acids is 1. The van der Waals surface area contributed by atoms with Gasteiger partial charge in [0, 0.05) is 12.5 Å². The van der Waals surface area contributed by atoms with Crippen molar-refractivity contribution in [2.75, 3.05) is 6.54 Å². The van der Waals surface area contributed by atoms with Gasteiger partial charge in [-0.25, -0.2) is 0 Å². The number of rotatable bonds is 6. The van der Waals surface area contributed by atoms with Gasteiger partial charge in [0.05, 0.1) is 0 Å². The number of hydrogen-bond donors (Lipinski definition) is 2. The maximum absolute atomic E-state index is 11.6. The summed E-state index contributed by atoms with van der Waals surface area (Å²) in [7, 11) is 0. The molecule has 0 aliphatic rings. The maximum Gasteiger partial charge on any atom is 0.220 e. The second kappa shape index (κ2) is 6.66. The Labute approximate surface area is 101 Å². The molecule has 0 aliphatic carbocycles. The average Bonchev–Trinajstić information content (AvgIpc) is 2.69. The topological polar surface area (TPSA) is 55.1 Å². The first-order valence-electron chi connectivity index (χ1n) is 5.62. The molecule has 2 atom stereocenters. The highest BCUT2D eigenvalue weighted by Gasteiger charge is 2.11. The minimum Gasteiger partial charge on any atom is -0.353 e. The fraction of sp³-hybridized carbons (Fsp3) is 0.583. The zero-order chi connectivity index (χ0) is 12.0. The summed E-state index contributed by atoms with van der Waals surface area (Å²) in [5, 5.41) is 7.17. The number of nitrogens with two attached hydrogens (primary N) is 1. The summed E-state index contributed by atoms with van der Waals surface area (Å²) < 4.78 is 0. The Morgan fingerprint density at radius 1 is 1.56 bits per heavy atom. The van der Waals surface area contributed by atoms with E-state index in [0.717, 1.165) is 6.42 Å². The van der Waals surface area contributed by atoms with Gasteiger partial charge in [-0.15, -0.1) is 0 Å². The first-order valence-corrected chi connectivity index (χ1v) is 6.56. The summed E-state index contributed by atoms with van der Waals surface area (Å²) in [6, 6.07) is 2.28. The molecule has 0 fully saturated rings. The number of carbonyl (C=O) groups is 1. The number of thiophene rings is 1. The van der Waals surface area contributed by atoms with Crippen molar-refractivity contribution in [2.24, 2.45) is 11.7 Å². The van der Waals surface area contributed by atoms with E-state index < -0.39 is 0 Å². The average molecular weight is 240 g/mol. The van der Waals surface area contributed by atoms with Gasteiger partial charge >= 0.3 is 0 Å². The van der Waals surface area contributed by atoms with Gasteiger partial charge in [-0.05, 0) is 48.2 Å². The Hall–Kier alpha value is -0.870. The van der Waals surface area contributed by atoms with Crippen molar-refractivity contribution in [2.45, 2.75) is 32.7 Å². The van der Waals surface area contributed by atoms with Crippen LogP contribution in [0.3, 0.4) is 0 Å². The number of nitrogens with one attached hydrogen (secondary N) is 1. The Morgan fingerprint density at radius 2 is 2.31 bits per heavy atom. The molecule has 1 rings (SSSR count). The summed E-state index contributed by atoms with van der Waals surface area (Å²) >= 11 is 1.69. The lowest BCUT2D eigenvalue weighted by Gasteiger charge is -2.15. The van der Waals surface area contributed by atoms with Crippen LogP contribution in [0.1, 0.15) is 25.8 Å². The van der Waals surface area contributed by atoms with Gasteiger partial charge in [0.25, 0.3) is 0 Å². The van der Waals surface area contributed by atoms with Crippen molar-refractivity contribution in [3.05, 3.63) is 22.4 Å². The molecule has 0 spiro atoms. The normalized spacial score (nSPS) is 14.4. The van der Waals surface area contributed by atoms with E-state index >= 15 is 0 Å². The van der Waals surface area contributed by atoms with Gasteiger partial charge in [0.1, 0.15) is 0 Å². The summed E-state index contributed by atoms with van der Waals surface area (Å²) in [6.45, 7) is 4.58. The molecule has 0 aliphatic heterocycles. The van der Waals surface area contributed by atoms with Crippen LogP contribution in [0.4, 0.5) is 0 Å². The Bertz CT molecular complexity index is 311. The highest BCUT2D eigenvalue weighted by molar-refractivity contribution is 7.07. The SMILES string of the molecule is CC(CN)CC(=O)NC(C)Cc1ccsc1. The van der Waals surface area contributed by atoms with Crippen LogP contribution in [0, 0.1) is 5.92 Å². The zero-order valence-corrected chi connectivity index (χ0v) is 10.7. The van der Waals surface area contributed by atoms with Crippen LogP contribution in [-0.4, -0.2) is 18.5 Å². The van der Waals surface area contributed by atoms with Crippen molar-refractivity contribution in [3.63, 3.8) is 0 Å². The molecule has 0 saturated heterocycles. The molecule has 1 amide bonds. The summed E-state index contributed by atoms with van der Waals surface area (Å²) in [5.41, 5.74) is 6.76. The molecule has 1 heterocycles. The van der Waals surface area contributed by atoms with Gasteiger partial charge < -0.3 is 11.1 Å². The highest BCUT2D eigenvalue weighted by atomic mass is 32.1. The van der Waals surface area contributed by atoms with Crippen molar-refractivity contribution < 1.29 is 4.79 Å². The molecular formula is C12H20N2OS. The van der Waals surface area contributed by atoms with Gasteiger partial charge in [-0.1, -0.05) is 6.92 Å². The van der Waals surface area contributed by atoms with E-state index in [1.165, 1.54) is 5.56 Å². The van der Waals surface area contributed by atoms with Gasteiger partial charge in [-0.2, -0.15) is 11.3 Å². The summed E-state index contributed by atoms with van der Waals surface area (Å²) in [5.74, 6) is 0.356. The Balaban J connectivity index is 2.28. The first-order chi connectivity index (χ1) is 7.61. The van der Waals surface area contributed by atoms with Crippen molar-refractivity contribution in [1.29, 1.82) is 0 Å². The van der Waals surface area contributed by atoms with Crippen LogP contribution in [0.15, 0.2) is 16.8 Å². The molecule has 1 aromatic rings. The molecule has 2 unspecified atom stereocenters. The summed E-state index contributed by atoms with van der Waals surface area (Å²) in [4.78, 5) is 11.6. The van der Waals surface area contributed by atoms with Crippen LogP contribution in [0.5, 0.6) is 0 Å². The third-order valence-electron chi connectivity index (χ3n) is 2.47. The van der Waals surface area contributed by atoms with E-state index in [-0.39, 0.29) is 17.9 Å². The fourth-order valence-corrected chi connectivity index (χ4v) is 2.23. The molecule has 16 heavy (non-hydrogen) atoms. The lowest BCUT2D eigenvalue weighted by molar-refractivity contribution is -0.122. The van der Waals surface area contributed by atoms with Crippen LogP contribution in [0.2, 0.25) is 0 Å². The Kier molecular flexibility index (Phi) is 5.49. The summed E-state index contributed by atoms with van der Waals surface area (Å²) in [6.07, 6.45) is 1.41. The van der Waals surface area contributed by atoms with E-state index in [9.17, 15) is 4.79 Å². The Morgan fingerprint density at radius 3 is 2.88 bits per heavy atom. The van der Waals surface area contributed by atoms with Crippen LogP contribution < -0.4 is 11.1 Å². The lowest BCUT2D eigenvalue weighted by Crippen LogP contribution is -2.35. The van der Waals surface area contributed by atoms with E-state index in [0.29, 0.717) is 13.0 Å². The number of amides is 1. The van der Waals surface area contributed by atoms with E-state index in [2.05, 4.69) is 22.1 Å². The molecule has 0 saturated carbocycles. The quantitative estimate of drug-likeness (QED) is 0.796. The maximum atomic E-state index is 11.6. The van der Waals surface area contributed by atoms with Gasteiger partial charge in [0.15, 0.2) is 0 Å². The molecule has 3 nitrogen and oxygen atoms in total. The molecule has 1 aromatic heterocycles. The first kappa shape index (κ1) is 13.2. The van der Waals surface area contributed by atoms with Crippen LogP contribution >= 0.6 is 11.3 Å². The third-order valence-corrected chi connectivity index (χ3v) is 3.20. The minimum absolute atomic E-state index is 0.0979. The molecule has 0 aromatic carbocycles. The molecule has 90 valence electrons. The monoisotopic (exact) mass is 240 g/mol. The standard InChI is InChI=1S/C12H20N2OS/c1-9(7-13)5-12(15)14-10(2)6-11-3-4-16-8-11/h3-4,8-10H,5-7,13H2,1-2H3,(H,14,15). The predicted octanol–water partition coefficient (Wildman–Crippen LogP) is 1.78. The molecule has 3 N–H and O–H groups in total. The molecule has 0 bridgehead atoms. The van der Waals surface area contributed by atoms with Crippen molar-refractivity contribution in [1.82, 2.24) is 5.32 Å². The predicted molar refractivity (Wildman–Crippen MR) is 68.5 cm³/mol. The van der Waals surface area contributed by atoms with Crippen molar-refractivity contribution >= 4 is 17.2 Å². The zero-order valence-electron chi connectivity index (χ0n) is 9.90. The molecular weight excluding hydrogens is 220 g/mol. The second-order valence-electron chi connectivity index (χ2n) is 4.35. The molecule has 0 radical (unpaired) electrons. The van der Waals surface area contributed by atoms with Crippen LogP contribution in [0.25, 0.3) is 0 Å². The fourth-order valence-electron chi connectivity index (χ4n) is 1.55. The van der Waals surface area contributed by atoms with Crippen molar-refractivity contribution in [3.8, 4) is 0 Å². The third kappa shape index (κ3) is 4.77. The minimum atomic E-state index is 0.0979. The smallest absolute Gasteiger partial charge is 0.220 e. The number of hydrogen-bond acceptors (Lipinski definition) is 3. The van der Waals surface area contributed by atoms with Crippen LogP contribution in [-0.2, 0) is 11.2 Å².